The monoisotopic (exact) mass is 261 g/mol. The Labute approximate surface area is 109 Å². The van der Waals surface area contributed by atoms with Gasteiger partial charge in [0.2, 0.25) is 5.65 Å². The Balaban J connectivity index is 2.00. The summed E-state index contributed by atoms with van der Waals surface area (Å²) in [7, 11) is 0. The number of hydrogen-bond donors (Lipinski definition) is 1. The number of nitrogens with zero attached hydrogens (tertiary/aromatic N) is 5. The fourth-order valence-corrected chi connectivity index (χ4v) is 2.47. The fourth-order valence-electron chi connectivity index (χ4n) is 2.47. The minimum absolute atomic E-state index is 0.445. The molecule has 0 aromatic carbocycles. The molecule has 0 spiro atoms. The van der Waals surface area contributed by atoms with Gasteiger partial charge in [-0.1, -0.05) is 0 Å². The SMILES string of the molecule is Cc1nnc2c(N3CCC(C)(C(=O)O)C3)nccn12. The van der Waals surface area contributed by atoms with Crippen molar-refractivity contribution in [1.29, 1.82) is 0 Å². The molecular weight excluding hydrogens is 246 g/mol. The van der Waals surface area contributed by atoms with Crippen LogP contribution in [0.3, 0.4) is 0 Å². The second-order valence-corrected chi connectivity index (χ2v) is 5.23. The lowest BCUT2D eigenvalue weighted by molar-refractivity contribution is -0.146. The number of fused-ring (bicyclic) bond motifs is 1. The number of aliphatic carboxylic acids is 1. The highest BCUT2D eigenvalue weighted by Crippen LogP contribution is 2.33. The van der Waals surface area contributed by atoms with Crippen molar-refractivity contribution < 1.29 is 9.90 Å². The van der Waals surface area contributed by atoms with E-state index in [2.05, 4.69) is 15.2 Å². The molecule has 1 aliphatic heterocycles. The third-order valence-corrected chi connectivity index (χ3v) is 3.77. The molecule has 1 fully saturated rings. The second-order valence-electron chi connectivity index (χ2n) is 5.23. The maximum absolute atomic E-state index is 11.3. The molecule has 2 aromatic heterocycles. The first-order chi connectivity index (χ1) is 9.01. The summed E-state index contributed by atoms with van der Waals surface area (Å²) in [5.74, 6) is 0.728. The van der Waals surface area contributed by atoms with Crippen LogP contribution in [0.15, 0.2) is 12.4 Å². The van der Waals surface area contributed by atoms with E-state index in [0.717, 1.165) is 5.82 Å². The fraction of sp³-hybridized carbons (Fsp3) is 0.500. The molecule has 1 saturated heterocycles. The predicted octanol–water partition coefficient (Wildman–Crippen LogP) is 0.734. The van der Waals surface area contributed by atoms with E-state index in [4.69, 9.17) is 0 Å². The maximum Gasteiger partial charge on any atom is 0.311 e. The van der Waals surface area contributed by atoms with E-state index in [-0.39, 0.29) is 0 Å². The van der Waals surface area contributed by atoms with Gasteiger partial charge in [-0.05, 0) is 20.3 Å². The minimum atomic E-state index is -0.764. The Kier molecular flexibility index (Phi) is 2.44. The number of carboxylic acid groups (broad SMARTS) is 1. The highest BCUT2D eigenvalue weighted by molar-refractivity contribution is 5.77. The smallest absolute Gasteiger partial charge is 0.311 e. The summed E-state index contributed by atoms with van der Waals surface area (Å²) in [6.45, 7) is 4.75. The number of carboxylic acids is 1. The van der Waals surface area contributed by atoms with Crippen LogP contribution < -0.4 is 4.90 Å². The lowest BCUT2D eigenvalue weighted by Crippen LogP contribution is -2.32. The molecule has 1 atom stereocenters. The number of aromatic nitrogens is 4. The van der Waals surface area contributed by atoms with Gasteiger partial charge < -0.3 is 10.0 Å². The van der Waals surface area contributed by atoms with Crippen LogP contribution in [0.1, 0.15) is 19.2 Å². The summed E-state index contributed by atoms with van der Waals surface area (Å²) in [5.41, 5.74) is -0.0431. The quantitative estimate of drug-likeness (QED) is 0.858. The molecule has 2 aromatic rings. The molecule has 1 aliphatic rings. The van der Waals surface area contributed by atoms with Gasteiger partial charge >= 0.3 is 5.97 Å². The molecule has 7 heteroatoms. The van der Waals surface area contributed by atoms with E-state index in [1.165, 1.54) is 0 Å². The van der Waals surface area contributed by atoms with Gasteiger partial charge in [-0.3, -0.25) is 9.20 Å². The largest absolute Gasteiger partial charge is 0.481 e. The third kappa shape index (κ3) is 1.73. The van der Waals surface area contributed by atoms with Crippen LogP contribution in [-0.2, 0) is 4.79 Å². The van der Waals surface area contributed by atoms with Gasteiger partial charge in [0, 0.05) is 25.5 Å². The van der Waals surface area contributed by atoms with E-state index >= 15 is 0 Å². The summed E-state index contributed by atoms with van der Waals surface area (Å²) in [4.78, 5) is 17.6. The Morgan fingerprint density at radius 1 is 1.47 bits per heavy atom. The zero-order valence-corrected chi connectivity index (χ0v) is 10.9. The average Bonchev–Trinajstić information content (AvgIpc) is 2.95. The number of carbonyl (C=O) groups is 1. The van der Waals surface area contributed by atoms with Crippen molar-refractivity contribution in [2.45, 2.75) is 20.3 Å². The van der Waals surface area contributed by atoms with Gasteiger partial charge in [-0.25, -0.2) is 4.98 Å². The van der Waals surface area contributed by atoms with E-state index in [9.17, 15) is 9.90 Å². The van der Waals surface area contributed by atoms with Gasteiger partial charge in [0.05, 0.1) is 5.41 Å². The molecule has 0 radical (unpaired) electrons. The molecular formula is C12H15N5O2. The first kappa shape index (κ1) is 11.9. The second kappa shape index (κ2) is 3.91. The molecule has 100 valence electrons. The van der Waals surface area contributed by atoms with E-state index in [1.807, 2.05) is 16.2 Å². The molecule has 0 bridgehead atoms. The van der Waals surface area contributed by atoms with Gasteiger partial charge in [0.1, 0.15) is 5.82 Å². The van der Waals surface area contributed by atoms with E-state index < -0.39 is 11.4 Å². The lowest BCUT2D eigenvalue weighted by atomic mass is 9.90. The predicted molar refractivity (Wildman–Crippen MR) is 68.1 cm³/mol. The van der Waals surface area contributed by atoms with Gasteiger partial charge in [-0.15, -0.1) is 10.2 Å². The zero-order chi connectivity index (χ0) is 13.6. The third-order valence-electron chi connectivity index (χ3n) is 3.77. The Bertz CT molecular complexity index is 653. The van der Waals surface area contributed by atoms with Crippen molar-refractivity contribution in [3.8, 4) is 0 Å². The molecule has 0 saturated carbocycles. The van der Waals surface area contributed by atoms with E-state index in [0.29, 0.717) is 31.0 Å². The van der Waals surface area contributed by atoms with Crippen molar-refractivity contribution in [2.24, 2.45) is 5.41 Å². The molecule has 3 rings (SSSR count). The first-order valence-electron chi connectivity index (χ1n) is 6.16. The molecule has 0 amide bonds. The summed E-state index contributed by atoms with van der Waals surface area (Å²) in [6.07, 6.45) is 4.11. The zero-order valence-electron chi connectivity index (χ0n) is 10.9. The standard InChI is InChI=1S/C12H15N5O2/c1-8-14-15-10-9(13-4-6-17(8)10)16-5-3-12(2,7-16)11(18)19/h4,6H,3,5,7H2,1-2H3,(H,18,19). The van der Waals surface area contributed by atoms with Crippen LogP contribution in [0.5, 0.6) is 0 Å². The van der Waals surface area contributed by atoms with Gasteiger partial charge in [-0.2, -0.15) is 0 Å². The van der Waals surface area contributed by atoms with Crippen LogP contribution in [0.2, 0.25) is 0 Å². The molecule has 3 heterocycles. The molecule has 1 unspecified atom stereocenters. The van der Waals surface area contributed by atoms with Crippen molar-refractivity contribution in [3.63, 3.8) is 0 Å². The normalized spacial score (nSPS) is 23.2. The topological polar surface area (TPSA) is 83.6 Å². The summed E-state index contributed by atoms with van der Waals surface area (Å²) < 4.78 is 1.86. The van der Waals surface area contributed by atoms with Crippen LogP contribution >= 0.6 is 0 Å². The van der Waals surface area contributed by atoms with Crippen LogP contribution in [0.25, 0.3) is 5.65 Å². The number of aryl methyl sites for hydroxylation is 1. The highest BCUT2D eigenvalue weighted by Gasteiger charge is 2.41. The molecule has 0 aliphatic carbocycles. The Hall–Kier alpha value is -2.18. The Morgan fingerprint density at radius 2 is 2.26 bits per heavy atom. The van der Waals surface area contributed by atoms with Crippen LogP contribution in [-0.4, -0.2) is 43.7 Å². The van der Waals surface area contributed by atoms with E-state index in [1.54, 1.807) is 19.3 Å². The number of anilines is 1. The minimum Gasteiger partial charge on any atom is -0.481 e. The molecule has 7 nitrogen and oxygen atoms in total. The maximum atomic E-state index is 11.3. The lowest BCUT2D eigenvalue weighted by Gasteiger charge is -2.20. The Morgan fingerprint density at radius 3 is 2.95 bits per heavy atom. The van der Waals surface area contributed by atoms with Gasteiger partial charge in [0.15, 0.2) is 5.82 Å². The van der Waals surface area contributed by atoms with Crippen LogP contribution in [0, 0.1) is 12.3 Å². The average molecular weight is 261 g/mol. The molecule has 19 heavy (non-hydrogen) atoms. The van der Waals surface area contributed by atoms with Crippen molar-refractivity contribution in [2.75, 3.05) is 18.0 Å². The summed E-state index contributed by atoms with van der Waals surface area (Å²) >= 11 is 0. The van der Waals surface area contributed by atoms with Crippen LogP contribution in [0.4, 0.5) is 5.82 Å². The molecule has 1 N–H and O–H groups in total. The summed E-state index contributed by atoms with van der Waals surface area (Å²) in [5, 5.41) is 17.4. The number of rotatable bonds is 2. The van der Waals surface area contributed by atoms with Gasteiger partial charge in [0.25, 0.3) is 0 Å². The first-order valence-corrected chi connectivity index (χ1v) is 6.16. The highest BCUT2D eigenvalue weighted by atomic mass is 16.4. The van der Waals surface area contributed by atoms with Crippen molar-refractivity contribution in [1.82, 2.24) is 19.6 Å². The van der Waals surface area contributed by atoms with Crippen molar-refractivity contribution >= 4 is 17.4 Å². The number of hydrogen-bond acceptors (Lipinski definition) is 5. The summed E-state index contributed by atoms with van der Waals surface area (Å²) in [6, 6.07) is 0. The van der Waals surface area contributed by atoms with Crippen molar-refractivity contribution in [3.05, 3.63) is 18.2 Å².